The Morgan fingerprint density at radius 3 is 2.45 bits per heavy atom. The minimum atomic E-state index is -0.297. The lowest BCUT2D eigenvalue weighted by Gasteiger charge is -2.32. The van der Waals surface area contributed by atoms with Gasteiger partial charge in [-0.15, -0.1) is 0 Å². The highest BCUT2D eigenvalue weighted by molar-refractivity contribution is 6.52. The maximum atomic E-state index is 5.96. The Balaban J connectivity index is 1.76. The van der Waals surface area contributed by atoms with Crippen LogP contribution in [0, 0.1) is 0 Å². The van der Waals surface area contributed by atoms with Gasteiger partial charge in [0.1, 0.15) is 0 Å². The van der Waals surface area contributed by atoms with E-state index in [1.54, 1.807) is 0 Å². The minimum absolute atomic E-state index is 0.286. The average molecular weight is 271 g/mol. The molecule has 1 aliphatic carbocycles. The first-order valence-electron chi connectivity index (χ1n) is 7.38. The Kier molecular flexibility index (Phi) is 3.26. The molecule has 0 unspecified atom stereocenters. The van der Waals surface area contributed by atoms with Crippen LogP contribution >= 0.6 is 0 Å². The van der Waals surface area contributed by atoms with Gasteiger partial charge in [-0.2, -0.15) is 0 Å². The number of aromatic nitrogens is 1. The molecule has 1 saturated heterocycles. The minimum Gasteiger partial charge on any atom is -0.400 e. The van der Waals surface area contributed by atoms with Crippen molar-refractivity contribution in [1.82, 2.24) is 4.98 Å². The largest absolute Gasteiger partial charge is 0.487 e. The zero-order valence-electron chi connectivity index (χ0n) is 12.7. The molecule has 106 valence electrons. The standard InChI is InChI=1S/C16H22BNO2/c1-15(2)16(3,4)20-17(19-15)10-9-14-13(12-7-8-12)6-5-11-18-14/h5-6,9-12H,7-8H2,1-4H3/b10-9+. The van der Waals surface area contributed by atoms with Gasteiger partial charge in [-0.3, -0.25) is 4.98 Å². The third-order valence-electron chi connectivity index (χ3n) is 4.57. The van der Waals surface area contributed by atoms with E-state index in [9.17, 15) is 0 Å². The molecular weight excluding hydrogens is 249 g/mol. The molecule has 0 N–H and O–H groups in total. The molecule has 20 heavy (non-hydrogen) atoms. The maximum Gasteiger partial charge on any atom is 0.487 e. The van der Waals surface area contributed by atoms with Crippen molar-refractivity contribution in [3.8, 4) is 0 Å². The zero-order valence-corrected chi connectivity index (χ0v) is 12.7. The van der Waals surface area contributed by atoms with Gasteiger partial charge in [-0.1, -0.05) is 12.0 Å². The van der Waals surface area contributed by atoms with E-state index in [2.05, 4.69) is 38.7 Å². The van der Waals surface area contributed by atoms with Crippen LogP contribution in [0.3, 0.4) is 0 Å². The number of rotatable bonds is 3. The lowest BCUT2D eigenvalue weighted by molar-refractivity contribution is 0.00578. The van der Waals surface area contributed by atoms with Crippen LogP contribution in [-0.2, 0) is 9.31 Å². The molecule has 1 saturated carbocycles. The zero-order chi connectivity index (χ0) is 14.4. The van der Waals surface area contributed by atoms with E-state index in [4.69, 9.17) is 9.31 Å². The quantitative estimate of drug-likeness (QED) is 0.787. The predicted octanol–water partition coefficient (Wildman–Crippen LogP) is 3.60. The molecule has 0 amide bonds. The third kappa shape index (κ3) is 2.55. The summed E-state index contributed by atoms with van der Waals surface area (Å²) in [5.41, 5.74) is 1.82. The molecule has 2 fully saturated rings. The molecule has 0 aromatic carbocycles. The van der Waals surface area contributed by atoms with Crippen molar-refractivity contribution in [2.24, 2.45) is 0 Å². The fourth-order valence-electron chi connectivity index (χ4n) is 2.45. The summed E-state index contributed by atoms with van der Waals surface area (Å²) < 4.78 is 11.9. The average Bonchev–Trinajstić information content (AvgIpc) is 3.16. The first-order chi connectivity index (χ1) is 9.39. The highest BCUT2D eigenvalue weighted by Gasteiger charge is 2.50. The predicted molar refractivity (Wildman–Crippen MR) is 81.3 cm³/mol. The van der Waals surface area contributed by atoms with Crippen molar-refractivity contribution in [2.45, 2.75) is 57.7 Å². The van der Waals surface area contributed by atoms with Gasteiger partial charge < -0.3 is 9.31 Å². The third-order valence-corrected chi connectivity index (χ3v) is 4.57. The highest BCUT2D eigenvalue weighted by atomic mass is 16.7. The SMILES string of the molecule is CC1(C)OB(/C=C/c2ncccc2C2CC2)OC1(C)C. The first-order valence-corrected chi connectivity index (χ1v) is 7.38. The summed E-state index contributed by atoms with van der Waals surface area (Å²) in [6.45, 7) is 8.27. The Labute approximate surface area is 121 Å². The van der Waals surface area contributed by atoms with Crippen molar-refractivity contribution in [2.75, 3.05) is 0 Å². The van der Waals surface area contributed by atoms with Crippen molar-refractivity contribution < 1.29 is 9.31 Å². The first kappa shape index (κ1) is 13.8. The molecule has 3 nitrogen and oxygen atoms in total. The van der Waals surface area contributed by atoms with Gasteiger partial charge >= 0.3 is 7.12 Å². The molecule has 2 aliphatic rings. The summed E-state index contributed by atoms with van der Waals surface area (Å²) in [4.78, 5) is 4.48. The summed E-state index contributed by atoms with van der Waals surface area (Å²) >= 11 is 0. The van der Waals surface area contributed by atoms with E-state index in [1.165, 1.54) is 18.4 Å². The van der Waals surface area contributed by atoms with Gasteiger partial charge in [0.2, 0.25) is 0 Å². The summed E-state index contributed by atoms with van der Waals surface area (Å²) in [5.74, 6) is 2.67. The Morgan fingerprint density at radius 2 is 1.85 bits per heavy atom. The molecule has 3 rings (SSSR count). The lowest BCUT2D eigenvalue weighted by Crippen LogP contribution is -2.41. The Hall–Kier alpha value is -1.13. The number of hydrogen-bond donors (Lipinski definition) is 0. The van der Waals surface area contributed by atoms with E-state index < -0.39 is 0 Å². The van der Waals surface area contributed by atoms with Crippen molar-refractivity contribution in [1.29, 1.82) is 0 Å². The van der Waals surface area contributed by atoms with E-state index in [-0.39, 0.29) is 18.3 Å². The van der Waals surface area contributed by atoms with Gasteiger partial charge in [0.15, 0.2) is 0 Å². The monoisotopic (exact) mass is 271 g/mol. The van der Waals surface area contributed by atoms with Crippen LogP contribution in [0.5, 0.6) is 0 Å². The maximum absolute atomic E-state index is 5.96. The van der Waals surface area contributed by atoms with Gasteiger partial charge in [0.05, 0.1) is 16.9 Å². The molecule has 4 heteroatoms. The Morgan fingerprint density at radius 1 is 1.20 bits per heavy atom. The molecule has 1 aromatic heterocycles. The molecule has 0 bridgehead atoms. The molecule has 1 aliphatic heterocycles. The molecule has 0 radical (unpaired) electrons. The van der Waals surface area contributed by atoms with Crippen molar-refractivity contribution in [3.63, 3.8) is 0 Å². The van der Waals surface area contributed by atoms with E-state index in [0.29, 0.717) is 5.92 Å². The van der Waals surface area contributed by atoms with Gasteiger partial charge in [0.25, 0.3) is 0 Å². The lowest BCUT2D eigenvalue weighted by atomic mass is 9.89. The van der Waals surface area contributed by atoms with Crippen molar-refractivity contribution >= 4 is 13.2 Å². The van der Waals surface area contributed by atoms with Crippen LogP contribution in [0.4, 0.5) is 0 Å². The number of nitrogens with zero attached hydrogens (tertiary/aromatic N) is 1. The number of hydrogen-bond acceptors (Lipinski definition) is 3. The Bertz CT molecular complexity index is 519. The van der Waals surface area contributed by atoms with Gasteiger partial charge in [0, 0.05) is 6.20 Å². The second-order valence-corrected chi connectivity index (χ2v) is 6.74. The van der Waals surface area contributed by atoms with Crippen LogP contribution in [-0.4, -0.2) is 23.3 Å². The topological polar surface area (TPSA) is 31.4 Å². The fraction of sp³-hybridized carbons (Fsp3) is 0.562. The fourth-order valence-corrected chi connectivity index (χ4v) is 2.45. The molecular formula is C16H22BNO2. The molecule has 0 spiro atoms. The summed E-state index contributed by atoms with van der Waals surface area (Å²) in [6.07, 6.45) is 6.44. The number of pyridine rings is 1. The van der Waals surface area contributed by atoms with Gasteiger partial charge in [-0.05, 0) is 64.2 Å². The molecule has 0 atom stereocenters. The smallest absolute Gasteiger partial charge is 0.400 e. The summed E-state index contributed by atoms with van der Waals surface area (Å²) in [7, 11) is -0.297. The van der Waals surface area contributed by atoms with Crippen LogP contribution in [0.2, 0.25) is 0 Å². The second-order valence-electron chi connectivity index (χ2n) is 6.74. The molecule has 2 heterocycles. The van der Waals surface area contributed by atoms with E-state index >= 15 is 0 Å². The molecule has 1 aromatic rings. The van der Waals surface area contributed by atoms with E-state index in [1.807, 2.05) is 24.3 Å². The van der Waals surface area contributed by atoms with E-state index in [0.717, 1.165) is 5.69 Å². The van der Waals surface area contributed by atoms with Crippen LogP contribution in [0.1, 0.15) is 57.7 Å². The van der Waals surface area contributed by atoms with Crippen molar-refractivity contribution in [3.05, 3.63) is 35.6 Å². The van der Waals surface area contributed by atoms with Gasteiger partial charge in [-0.25, -0.2) is 0 Å². The summed E-state index contributed by atoms with van der Waals surface area (Å²) in [5, 5.41) is 0. The summed E-state index contributed by atoms with van der Waals surface area (Å²) in [6, 6.07) is 4.19. The highest BCUT2D eigenvalue weighted by Crippen LogP contribution is 2.41. The van der Waals surface area contributed by atoms with Crippen LogP contribution in [0.25, 0.3) is 6.08 Å². The normalized spacial score (nSPS) is 24.5. The second kappa shape index (κ2) is 4.71. The van der Waals surface area contributed by atoms with Crippen LogP contribution in [0.15, 0.2) is 24.3 Å². The van der Waals surface area contributed by atoms with Crippen LogP contribution < -0.4 is 0 Å².